The Labute approximate surface area is 195 Å². The summed E-state index contributed by atoms with van der Waals surface area (Å²) >= 11 is 0. The second kappa shape index (κ2) is 10.5. The third kappa shape index (κ3) is 6.30. The van der Waals surface area contributed by atoms with E-state index in [-0.39, 0.29) is 51.4 Å². The quantitative estimate of drug-likeness (QED) is 0.246. The molecule has 0 fully saturated rings. The molecular formula is C10H7F14KO3S. The van der Waals surface area contributed by atoms with Crippen LogP contribution in [0.2, 0.25) is 0 Å². The summed E-state index contributed by atoms with van der Waals surface area (Å²) in [7, 11) is -7.06. The molecule has 0 aliphatic heterocycles. The van der Waals surface area contributed by atoms with Crippen LogP contribution in [0, 0.1) is 0 Å². The van der Waals surface area contributed by atoms with Gasteiger partial charge < -0.3 is 4.55 Å². The van der Waals surface area contributed by atoms with E-state index in [1.165, 1.54) is 0 Å². The second-order valence-corrected chi connectivity index (χ2v) is 6.54. The fraction of sp³-hybridized carbons (Fsp3) is 1.00. The zero-order valence-corrected chi connectivity index (χ0v) is 17.4. The van der Waals surface area contributed by atoms with Gasteiger partial charge in [0, 0.05) is 0 Å². The molecule has 29 heavy (non-hydrogen) atoms. The van der Waals surface area contributed by atoms with E-state index in [1.807, 2.05) is 0 Å². The molecule has 0 aliphatic rings. The molecule has 3 nitrogen and oxygen atoms in total. The summed E-state index contributed by atoms with van der Waals surface area (Å²) < 4.78 is 210. The largest absolute Gasteiger partial charge is 1.00 e. The van der Waals surface area contributed by atoms with Crippen LogP contribution in [0.5, 0.6) is 0 Å². The molecule has 0 amide bonds. The zero-order chi connectivity index (χ0) is 23.0. The summed E-state index contributed by atoms with van der Waals surface area (Å²) in [6.45, 7) is 0. The number of halogens is 14. The molecule has 0 rings (SSSR count). The summed E-state index contributed by atoms with van der Waals surface area (Å²) in [5.41, 5.74) is -5.62. The molecule has 0 N–H and O–H groups in total. The third-order valence-electron chi connectivity index (χ3n) is 3.16. The van der Waals surface area contributed by atoms with Crippen molar-refractivity contribution in [1.29, 1.82) is 0 Å². The van der Waals surface area contributed by atoms with Crippen LogP contribution < -0.4 is 51.4 Å². The Morgan fingerprint density at radius 3 is 1.28 bits per heavy atom. The Balaban J connectivity index is 0. The molecule has 0 aromatic heterocycles. The summed E-state index contributed by atoms with van der Waals surface area (Å²) in [5.74, 6) is -22.0. The Bertz CT molecular complexity index is 631. The average molecular weight is 512 g/mol. The first-order chi connectivity index (χ1) is 12.2. The fourth-order valence-electron chi connectivity index (χ4n) is 1.57. The molecule has 0 radical (unpaired) electrons. The predicted octanol–water partition coefficient (Wildman–Crippen LogP) is 0.693. The Hall–Kier alpha value is 0.566. The molecule has 0 saturated heterocycles. The van der Waals surface area contributed by atoms with E-state index in [9.17, 15) is 74.4 Å². The van der Waals surface area contributed by atoms with E-state index in [2.05, 4.69) is 0 Å². The van der Waals surface area contributed by atoms with Crippen molar-refractivity contribution < 1.29 is 126 Å². The van der Waals surface area contributed by atoms with Crippen LogP contribution in [-0.2, 0) is 10.1 Å². The van der Waals surface area contributed by atoms with Crippen molar-refractivity contribution in [2.45, 2.75) is 60.6 Å². The van der Waals surface area contributed by atoms with Gasteiger partial charge in [0.25, 0.3) is 11.9 Å². The molecule has 0 spiro atoms. The molecule has 6 unspecified atom stereocenters. The van der Waals surface area contributed by atoms with Gasteiger partial charge in [-0.2, -0.15) is 26.3 Å². The Kier molecular flexibility index (Phi) is 11.4. The number of hydrogen-bond donors (Lipinski definition) is 0. The van der Waals surface area contributed by atoms with Gasteiger partial charge in [0.2, 0.25) is 6.17 Å². The predicted molar refractivity (Wildman–Crippen MR) is 59.9 cm³/mol. The van der Waals surface area contributed by atoms with Gasteiger partial charge >= 0.3 is 69.2 Å². The van der Waals surface area contributed by atoms with Crippen molar-refractivity contribution >= 4 is 10.1 Å². The van der Waals surface area contributed by atoms with Gasteiger partial charge in [-0.1, -0.05) is 0 Å². The standard InChI is InChI=1S/C10H8F14O3S.K/c11-1(2(12)4(14)6(16)17)3(13)5(15)8(19,20)10(23,24)9(21,22)7(18)28(25,26)27;/h1-7H,(H,25,26,27);/q;+1/p-1. The van der Waals surface area contributed by atoms with Crippen LogP contribution in [0.25, 0.3) is 0 Å². The van der Waals surface area contributed by atoms with Crippen molar-refractivity contribution in [3.8, 4) is 0 Å². The van der Waals surface area contributed by atoms with Gasteiger partial charge in [-0.25, -0.2) is 43.5 Å². The molecule has 0 aliphatic carbocycles. The van der Waals surface area contributed by atoms with Gasteiger partial charge in [-0.3, -0.25) is 0 Å². The summed E-state index contributed by atoms with van der Waals surface area (Å²) in [4.78, 5) is 0. The maximum absolute atomic E-state index is 13.2. The van der Waals surface area contributed by atoms with E-state index < -0.39 is 70.7 Å². The van der Waals surface area contributed by atoms with Crippen molar-refractivity contribution in [2.24, 2.45) is 0 Å². The molecule has 19 heteroatoms. The van der Waals surface area contributed by atoms with E-state index in [4.69, 9.17) is 0 Å². The molecule has 0 heterocycles. The van der Waals surface area contributed by atoms with Crippen molar-refractivity contribution in [3.63, 3.8) is 0 Å². The van der Waals surface area contributed by atoms with E-state index in [0.29, 0.717) is 0 Å². The van der Waals surface area contributed by atoms with E-state index in [0.717, 1.165) is 0 Å². The minimum Gasteiger partial charge on any atom is -0.746 e. The van der Waals surface area contributed by atoms with Gasteiger partial charge in [-0.15, -0.1) is 0 Å². The van der Waals surface area contributed by atoms with Crippen LogP contribution in [0.4, 0.5) is 61.5 Å². The van der Waals surface area contributed by atoms with Crippen LogP contribution in [0.3, 0.4) is 0 Å². The SMILES string of the molecule is O=S(=O)([O-])C(F)C(F)(F)C(F)(F)C(F)(F)C(F)C(F)C(F)C(F)C(F)C(F)F.[K+]. The van der Waals surface area contributed by atoms with Gasteiger partial charge in [-0.05, 0) is 0 Å². The molecule has 0 saturated carbocycles. The van der Waals surface area contributed by atoms with Gasteiger partial charge in [0.05, 0.1) is 0 Å². The number of alkyl halides is 14. The van der Waals surface area contributed by atoms with Crippen LogP contribution >= 0.6 is 0 Å². The van der Waals surface area contributed by atoms with Crippen LogP contribution in [0.1, 0.15) is 0 Å². The first kappa shape index (κ1) is 31.8. The molecule has 0 aromatic rings. The molecule has 0 bridgehead atoms. The first-order valence-electron chi connectivity index (χ1n) is 6.36. The smallest absolute Gasteiger partial charge is 0.746 e. The van der Waals surface area contributed by atoms with Crippen molar-refractivity contribution in [3.05, 3.63) is 0 Å². The van der Waals surface area contributed by atoms with E-state index in [1.54, 1.807) is 0 Å². The number of rotatable bonds is 10. The van der Waals surface area contributed by atoms with Crippen molar-refractivity contribution in [1.82, 2.24) is 0 Å². The van der Waals surface area contributed by atoms with Crippen LogP contribution in [-0.4, -0.2) is 73.5 Å². The monoisotopic (exact) mass is 512 g/mol. The maximum atomic E-state index is 13.2. The average Bonchev–Trinajstić information content (AvgIpc) is 2.55. The third-order valence-corrected chi connectivity index (χ3v) is 3.96. The number of hydrogen-bond acceptors (Lipinski definition) is 3. The summed E-state index contributed by atoms with van der Waals surface area (Å²) in [6, 6.07) is 0. The summed E-state index contributed by atoms with van der Waals surface area (Å²) in [5, 5.41) is 0. The molecule has 0 aromatic carbocycles. The molecule has 6 atom stereocenters. The maximum Gasteiger partial charge on any atom is 1.00 e. The second-order valence-electron chi connectivity index (χ2n) is 5.14. The minimum absolute atomic E-state index is 0. The van der Waals surface area contributed by atoms with Gasteiger partial charge in [0.15, 0.2) is 24.7 Å². The van der Waals surface area contributed by atoms with Gasteiger partial charge in [0.1, 0.15) is 10.1 Å². The topological polar surface area (TPSA) is 57.2 Å². The Morgan fingerprint density at radius 2 is 0.966 bits per heavy atom. The zero-order valence-electron chi connectivity index (χ0n) is 13.5. The first-order valence-corrected chi connectivity index (χ1v) is 7.83. The molecule has 170 valence electrons. The Morgan fingerprint density at radius 1 is 0.621 bits per heavy atom. The normalized spacial score (nSPS) is 20.4. The van der Waals surface area contributed by atoms with Crippen LogP contribution in [0.15, 0.2) is 0 Å². The summed E-state index contributed by atoms with van der Waals surface area (Å²) in [6.07, 6.45) is -28.3. The minimum atomic E-state index is -7.54. The van der Waals surface area contributed by atoms with Crippen molar-refractivity contribution in [2.75, 3.05) is 0 Å². The molecular weight excluding hydrogens is 505 g/mol. The fourth-order valence-corrected chi connectivity index (χ4v) is 2.08. The van der Waals surface area contributed by atoms with E-state index >= 15 is 0 Å².